The van der Waals surface area contributed by atoms with Crippen molar-refractivity contribution in [1.82, 2.24) is 14.9 Å². The second-order valence-corrected chi connectivity index (χ2v) is 6.74. The van der Waals surface area contributed by atoms with Gasteiger partial charge in [-0.1, -0.05) is 18.2 Å². The van der Waals surface area contributed by atoms with Crippen LogP contribution in [-0.2, 0) is 29.4 Å². The Labute approximate surface area is 161 Å². The van der Waals surface area contributed by atoms with Crippen molar-refractivity contribution in [2.45, 2.75) is 19.3 Å². The second kappa shape index (κ2) is 7.26. The number of hydrogen-bond acceptors (Lipinski definition) is 5. The van der Waals surface area contributed by atoms with Gasteiger partial charge in [0, 0.05) is 24.3 Å². The van der Waals surface area contributed by atoms with Crippen LogP contribution in [0.2, 0.25) is 0 Å². The van der Waals surface area contributed by atoms with Gasteiger partial charge in [-0.2, -0.15) is 0 Å². The summed E-state index contributed by atoms with van der Waals surface area (Å²) in [6.07, 6.45) is 4.22. The number of esters is 1. The summed E-state index contributed by atoms with van der Waals surface area (Å²) in [5.41, 5.74) is 3.36. The highest BCUT2D eigenvalue weighted by Gasteiger charge is 2.25. The maximum Gasteiger partial charge on any atom is 0.339 e. The van der Waals surface area contributed by atoms with Gasteiger partial charge in [-0.25, -0.2) is 4.79 Å². The Morgan fingerprint density at radius 1 is 1.14 bits per heavy atom. The fraction of sp³-hybridized carbons (Fsp3) is 0.238. The van der Waals surface area contributed by atoms with Crippen LogP contribution in [-0.4, -0.2) is 33.9 Å². The van der Waals surface area contributed by atoms with Crippen LogP contribution in [0.4, 0.5) is 0 Å². The molecule has 2 amide bonds. The van der Waals surface area contributed by atoms with Crippen molar-refractivity contribution in [1.29, 1.82) is 0 Å². The standard InChI is InChI=1S/C21H19N3O4/c1-24-11-5-10-17(24)20(26)23-18(25)12-28-21(27)19-13-6-2-3-8-15(13)22-16-9-4-7-14(16)19/h2-3,5-6,8,10-11H,4,7,9,12H2,1H3,(H,23,25,26). The highest BCUT2D eigenvalue weighted by Crippen LogP contribution is 2.30. The van der Waals surface area contributed by atoms with E-state index in [0.29, 0.717) is 16.6 Å². The first-order valence-electron chi connectivity index (χ1n) is 9.07. The molecule has 28 heavy (non-hydrogen) atoms. The molecule has 0 spiro atoms. The molecule has 7 nitrogen and oxygen atoms in total. The molecule has 1 aliphatic carbocycles. The van der Waals surface area contributed by atoms with Crippen LogP contribution in [0.1, 0.15) is 38.5 Å². The van der Waals surface area contributed by atoms with Crippen LogP contribution in [0.5, 0.6) is 0 Å². The Hall–Kier alpha value is -3.48. The number of para-hydroxylation sites is 1. The zero-order valence-electron chi connectivity index (χ0n) is 15.4. The van der Waals surface area contributed by atoms with E-state index in [1.165, 1.54) is 0 Å². The Bertz CT molecular complexity index is 1100. The smallest absolute Gasteiger partial charge is 0.339 e. The number of nitrogens with zero attached hydrogens (tertiary/aromatic N) is 2. The minimum absolute atomic E-state index is 0.345. The molecule has 0 saturated heterocycles. The molecule has 2 heterocycles. The van der Waals surface area contributed by atoms with Crippen LogP contribution < -0.4 is 5.32 Å². The molecule has 2 aromatic heterocycles. The predicted molar refractivity (Wildman–Crippen MR) is 102 cm³/mol. The average Bonchev–Trinajstić information content (AvgIpc) is 3.32. The van der Waals surface area contributed by atoms with Gasteiger partial charge in [0.1, 0.15) is 5.69 Å². The molecular formula is C21H19N3O4. The fourth-order valence-electron chi connectivity index (χ4n) is 3.57. The van der Waals surface area contributed by atoms with Gasteiger partial charge in [0.2, 0.25) is 0 Å². The molecule has 0 atom stereocenters. The van der Waals surface area contributed by atoms with Crippen LogP contribution in [0.15, 0.2) is 42.6 Å². The molecule has 1 aliphatic rings. The molecular weight excluding hydrogens is 358 g/mol. The Morgan fingerprint density at radius 3 is 2.75 bits per heavy atom. The van der Waals surface area contributed by atoms with Crippen molar-refractivity contribution in [3.8, 4) is 0 Å². The lowest BCUT2D eigenvalue weighted by Crippen LogP contribution is -2.35. The van der Waals surface area contributed by atoms with Gasteiger partial charge < -0.3 is 9.30 Å². The zero-order chi connectivity index (χ0) is 19.7. The number of amides is 2. The summed E-state index contributed by atoms with van der Waals surface area (Å²) in [5.74, 6) is -1.78. The van der Waals surface area contributed by atoms with Gasteiger partial charge in [-0.15, -0.1) is 0 Å². The van der Waals surface area contributed by atoms with Gasteiger partial charge in [-0.3, -0.25) is 19.9 Å². The van der Waals surface area contributed by atoms with Crippen molar-refractivity contribution in [2.24, 2.45) is 7.05 Å². The molecule has 1 N–H and O–H groups in total. The van der Waals surface area contributed by atoms with E-state index >= 15 is 0 Å². The summed E-state index contributed by atoms with van der Waals surface area (Å²) in [4.78, 5) is 41.5. The van der Waals surface area contributed by atoms with Crippen molar-refractivity contribution in [2.75, 3.05) is 6.61 Å². The molecule has 7 heteroatoms. The van der Waals surface area contributed by atoms with E-state index < -0.39 is 24.4 Å². The topological polar surface area (TPSA) is 90.3 Å². The molecule has 0 unspecified atom stereocenters. The summed E-state index contributed by atoms with van der Waals surface area (Å²) < 4.78 is 6.83. The van der Waals surface area contributed by atoms with Crippen LogP contribution in [0.3, 0.4) is 0 Å². The van der Waals surface area contributed by atoms with E-state index in [-0.39, 0.29) is 0 Å². The average molecular weight is 377 g/mol. The first-order chi connectivity index (χ1) is 13.5. The maximum absolute atomic E-state index is 12.8. The van der Waals surface area contributed by atoms with Crippen molar-refractivity contribution >= 4 is 28.7 Å². The van der Waals surface area contributed by atoms with E-state index in [0.717, 1.165) is 36.0 Å². The van der Waals surface area contributed by atoms with Crippen molar-refractivity contribution in [3.63, 3.8) is 0 Å². The van der Waals surface area contributed by atoms with Crippen LogP contribution in [0, 0.1) is 0 Å². The number of benzene rings is 1. The fourth-order valence-corrected chi connectivity index (χ4v) is 3.57. The number of hydrogen-bond donors (Lipinski definition) is 1. The number of carbonyl (C=O) groups is 3. The first-order valence-corrected chi connectivity index (χ1v) is 9.07. The minimum atomic E-state index is -0.672. The van der Waals surface area contributed by atoms with E-state index in [2.05, 4.69) is 10.3 Å². The third-order valence-electron chi connectivity index (χ3n) is 4.89. The van der Waals surface area contributed by atoms with E-state index in [1.807, 2.05) is 24.3 Å². The van der Waals surface area contributed by atoms with E-state index in [1.54, 1.807) is 29.9 Å². The number of ether oxygens (including phenoxy) is 1. The minimum Gasteiger partial charge on any atom is -0.452 e. The largest absolute Gasteiger partial charge is 0.452 e. The summed E-state index contributed by atoms with van der Waals surface area (Å²) >= 11 is 0. The monoisotopic (exact) mass is 377 g/mol. The Kier molecular flexibility index (Phi) is 4.65. The quantitative estimate of drug-likeness (QED) is 0.704. The third kappa shape index (κ3) is 3.26. The molecule has 0 bridgehead atoms. The zero-order valence-corrected chi connectivity index (χ0v) is 15.4. The number of nitrogens with one attached hydrogen (secondary N) is 1. The van der Waals surface area contributed by atoms with Crippen molar-refractivity contribution < 1.29 is 19.1 Å². The SMILES string of the molecule is Cn1cccc1C(=O)NC(=O)COC(=O)c1c2c(nc3ccccc13)CCC2. The maximum atomic E-state index is 12.8. The molecule has 0 saturated carbocycles. The van der Waals surface area contributed by atoms with Gasteiger partial charge in [0.25, 0.3) is 11.8 Å². The number of fused-ring (bicyclic) bond motifs is 2. The number of imide groups is 1. The molecule has 0 fully saturated rings. The van der Waals surface area contributed by atoms with Gasteiger partial charge in [0.15, 0.2) is 6.61 Å². The highest BCUT2D eigenvalue weighted by atomic mass is 16.5. The molecule has 1 aromatic carbocycles. The molecule has 0 radical (unpaired) electrons. The Balaban J connectivity index is 1.49. The molecule has 0 aliphatic heterocycles. The normalized spacial score (nSPS) is 12.6. The summed E-state index contributed by atoms with van der Waals surface area (Å²) in [5, 5.41) is 2.95. The lowest BCUT2D eigenvalue weighted by molar-refractivity contribution is -0.123. The van der Waals surface area contributed by atoms with E-state index in [4.69, 9.17) is 4.74 Å². The summed E-state index contributed by atoms with van der Waals surface area (Å²) in [6, 6.07) is 10.7. The van der Waals surface area contributed by atoms with Crippen LogP contribution in [0.25, 0.3) is 10.9 Å². The molecule has 142 valence electrons. The van der Waals surface area contributed by atoms with Gasteiger partial charge in [0.05, 0.1) is 11.1 Å². The summed E-state index contributed by atoms with van der Waals surface area (Å²) in [6.45, 7) is -0.527. The van der Waals surface area contributed by atoms with Gasteiger partial charge >= 0.3 is 5.97 Å². The van der Waals surface area contributed by atoms with Crippen molar-refractivity contribution in [3.05, 3.63) is 65.1 Å². The van der Waals surface area contributed by atoms with E-state index in [9.17, 15) is 14.4 Å². The second-order valence-electron chi connectivity index (χ2n) is 6.74. The Morgan fingerprint density at radius 2 is 1.96 bits per heavy atom. The van der Waals surface area contributed by atoms with Crippen LogP contribution >= 0.6 is 0 Å². The number of aryl methyl sites for hydroxylation is 2. The number of rotatable bonds is 4. The lowest BCUT2D eigenvalue weighted by Gasteiger charge is -2.12. The number of pyridine rings is 1. The first kappa shape index (κ1) is 17.9. The lowest BCUT2D eigenvalue weighted by atomic mass is 10.0. The summed E-state index contributed by atoms with van der Waals surface area (Å²) in [7, 11) is 1.70. The highest BCUT2D eigenvalue weighted by molar-refractivity contribution is 6.07. The molecule has 3 aromatic rings. The number of aromatic nitrogens is 2. The van der Waals surface area contributed by atoms with Gasteiger partial charge in [-0.05, 0) is 43.0 Å². The molecule has 4 rings (SSSR count). The number of carbonyl (C=O) groups excluding carboxylic acids is 3. The third-order valence-corrected chi connectivity index (χ3v) is 4.89. The predicted octanol–water partition coefficient (Wildman–Crippen LogP) is 2.18.